The lowest BCUT2D eigenvalue weighted by atomic mass is 9.99. The van der Waals surface area contributed by atoms with Crippen molar-refractivity contribution in [1.29, 1.82) is 0 Å². The molecule has 3 aromatic carbocycles. The molecule has 1 N–H and O–H groups in total. The summed E-state index contributed by atoms with van der Waals surface area (Å²) in [4.78, 5) is 16.9. The van der Waals surface area contributed by atoms with Crippen LogP contribution in [0.3, 0.4) is 0 Å². The lowest BCUT2D eigenvalue weighted by Gasteiger charge is -2.16. The number of halogens is 6. The van der Waals surface area contributed by atoms with E-state index in [0.29, 0.717) is 17.8 Å². The van der Waals surface area contributed by atoms with Gasteiger partial charge in [-0.2, -0.15) is 26.3 Å². The Labute approximate surface area is 215 Å². The van der Waals surface area contributed by atoms with Gasteiger partial charge >= 0.3 is 12.4 Å². The molecule has 1 heterocycles. The zero-order chi connectivity index (χ0) is 27.5. The van der Waals surface area contributed by atoms with E-state index in [2.05, 4.69) is 10.3 Å². The van der Waals surface area contributed by atoms with Gasteiger partial charge in [-0.15, -0.1) is 0 Å². The normalized spacial score (nSPS) is 12.8. The molecule has 1 aromatic heterocycles. The summed E-state index contributed by atoms with van der Waals surface area (Å²) >= 11 is 0. The van der Waals surface area contributed by atoms with E-state index in [1.807, 2.05) is 37.3 Å². The summed E-state index contributed by atoms with van der Waals surface area (Å²) in [7, 11) is 0. The summed E-state index contributed by atoms with van der Waals surface area (Å²) in [5.74, 6) is -0.361. The number of alkyl halides is 6. The second-order valence-corrected chi connectivity index (χ2v) is 8.89. The topological polar surface area (TPSA) is 46.9 Å². The second kappa shape index (κ2) is 10.7. The van der Waals surface area contributed by atoms with Gasteiger partial charge in [-0.25, -0.2) is 4.98 Å². The van der Waals surface area contributed by atoms with Crippen molar-refractivity contribution in [1.82, 2.24) is 14.9 Å². The summed E-state index contributed by atoms with van der Waals surface area (Å²) < 4.78 is 80.9. The highest BCUT2D eigenvalue weighted by molar-refractivity contribution is 5.93. The molecular weight excluding hydrogens is 508 g/mol. The largest absolute Gasteiger partial charge is 0.416 e. The van der Waals surface area contributed by atoms with Crippen molar-refractivity contribution in [2.45, 2.75) is 38.2 Å². The zero-order valence-electron chi connectivity index (χ0n) is 20.1. The van der Waals surface area contributed by atoms with Crippen molar-refractivity contribution in [3.63, 3.8) is 0 Å². The number of benzene rings is 3. The van der Waals surface area contributed by atoms with Gasteiger partial charge in [0.05, 0.1) is 23.7 Å². The van der Waals surface area contributed by atoms with Gasteiger partial charge in [-0.1, -0.05) is 42.5 Å². The molecule has 4 aromatic rings. The maximum atomic E-state index is 13.2. The number of aryl methyl sites for hydroxylation is 1. The predicted molar refractivity (Wildman–Crippen MR) is 131 cm³/mol. The lowest BCUT2D eigenvalue weighted by molar-refractivity contribution is -0.143. The van der Waals surface area contributed by atoms with Crippen LogP contribution in [0.4, 0.5) is 26.3 Å². The Hall–Kier alpha value is -4.08. The molecule has 4 nitrogen and oxygen atoms in total. The number of nitrogens with one attached hydrogen (secondary N) is 1. The Balaban J connectivity index is 1.52. The molecule has 38 heavy (non-hydrogen) atoms. The molecule has 4 rings (SSSR count). The SMILES string of the molecule is C[C@@H](CCc1ccccc1)NC(=O)c1cncn1-c1ccc(-c2cc(C(F)(F)F)cc(C(F)(F)F)c2)cc1. The van der Waals surface area contributed by atoms with Crippen molar-refractivity contribution >= 4 is 5.91 Å². The first-order chi connectivity index (χ1) is 17.9. The fourth-order valence-corrected chi connectivity index (χ4v) is 4.00. The molecule has 1 atom stereocenters. The van der Waals surface area contributed by atoms with Gasteiger partial charge in [0, 0.05) is 11.7 Å². The molecule has 0 radical (unpaired) electrons. The van der Waals surface area contributed by atoms with Crippen molar-refractivity contribution < 1.29 is 31.1 Å². The Morgan fingerprint density at radius 2 is 1.47 bits per heavy atom. The van der Waals surface area contributed by atoms with E-state index < -0.39 is 23.5 Å². The Morgan fingerprint density at radius 3 is 2.05 bits per heavy atom. The van der Waals surface area contributed by atoms with Crippen LogP contribution in [0.5, 0.6) is 0 Å². The third-order valence-electron chi connectivity index (χ3n) is 6.02. The number of rotatable bonds is 7. The molecule has 0 saturated heterocycles. The Bertz CT molecular complexity index is 1360. The highest BCUT2D eigenvalue weighted by Crippen LogP contribution is 2.38. The molecule has 0 fully saturated rings. The van der Waals surface area contributed by atoms with Gasteiger partial charge in [0.1, 0.15) is 5.69 Å². The summed E-state index contributed by atoms with van der Waals surface area (Å²) in [6, 6.07) is 17.0. The van der Waals surface area contributed by atoms with E-state index in [0.717, 1.165) is 18.4 Å². The van der Waals surface area contributed by atoms with E-state index >= 15 is 0 Å². The fraction of sp³-hybridized carbons (Fsp3) is 0.214. The van der Waals surface area contributed by atoms with E-state index in [9.17, 15) is 31.1 Å². The molecule has 10 heteroatoms. The average molecular weight is 532 g/mol. The van der Waals surface area contributed by atoms with Crippen LogP contribution in [-0.4, -0.2) is 21.5 Å². The van der Waals surface area contributed by atoms with Gasteiger partial charge in [0.2, 0.25) is 0 Å². The van der Waals surface area contributed by atoms with E-state index in [1.54, 1.807) is 0 Å². The summed E-state index contributed by atoms with van der Waals surface area (Å²) in [6.45, 7) is 1.89. The summed E-state index contributed by atoms with van der Waals surface area (Å²) in [6.07, 6.45) is -5.58. The monoisotopic (exact) mass is 531 g/mol. The van der Waals surface area contributed by atoms with Crippen molar-refractivity contribution in [2.24, 2.45) is 0 Å². The smallest absolute Gasteiger partial charge is 0.348 e. The molecule has 0 spiro atoms. The first kappa shape index (κ1) is 27.0. The average Bonchev–Trinajstić information content (AvgIpc) is 3.37. The van der Waals surface area contributed by atoms with Crippen LogP contribution >= 0.6 is 0 Å². The minimum absolute atomic E-state index is 0.0924. The second-order valence-electron chi connectivity index (χ2n) is 8.89. The lowest BCUT2D eigenvalue weighted by Crippen LogP contribution is -2.34. The van der Waals surface area contributed by atoms with Crippen LogP contribution in [0.25, 0.3) is 16.8 Å². The third kappa shape index (κ3) is 6.42. The number of carbonyl (C=O) groups excluding carboxylic acids is 1. The van der Waals surface area contributed by atoms with E-state index in [1.165, 1.54) is 41.4 Å². The Morgan fingerprint density at radius 1 is 0.868 bits per heavy atom. The Kier molecular flexibility index (Phi) is 7.61. The van der Waals surface area contributed by atoms with Crippen LogP contribution in [0, 0.1) is 0 Å². The number of nitrogens with zero attached hydrogens (tertiary/aromatic N) is 2. The molecule has 0 saturated carbocycles. The van der Waals surface area contributed by atoms with Crippen LogP contribution < -0.4 is 5.32 Å². The van der Waals surface area contributed by atoms with Gasteiger partial charge in [0.15, 0.2) is 0 Å². The number of hydrogen-bond acceptors (Lipinski definition) is 2. The van der Waals surface area contributed by atoms with Crippen LogP contribution in [-0.2, 0) is 18.8 Å². The van der Waals surface area contributed by atoms with Crippen molar-refractivity contribution in [2.75, 3.05) is 0 Å². The number of amides is 1. The molecule has 0 aliphatic rings. The standard InChI is InChI=1S/C28H23F6N3O/c1-18(7-8-19-5-3-2-4-6-19)36-26(38)25-16-35-17-37(25)24-11-9-20(10-12-24)21-13-22(27(29,30)31)15-23(14-21)28(32,33)34/h2-6,9-18H,7-8H2,1H3,(H,36,38)/t18-/m0/s1. The van der Waals surface area contributed by atoms with Gasteiger partial charge in [0.25, 0.3) is 5.91 Å². The maximum Gasteiger partial charge on any atom is 0.416 e. The summed E-state index contributed by atoms with van der Waals surface area (Å²) in [5.41, 5.74) is -0.982. The number of imidazole rings is 1. The quantitative estimate of drug-likeness (QED) is 0.254. The molecule has 0 unspecified atom stereocenters. The number of aromatic nitrogens is 2. The molecule has 0 aliphatic heterocycles. The fourth-order valence-electron chi connectivity index (χ4n) is 4.00. The molecule has 1 amide bonds. The van der Waals surface area contributed by atoms with Crippen LogP contribution in [0.15, 0.2) is 85.3 Å². The predicted octanol–water partition coefficient (Wildman–Crippen LogP) is 7.33. The van der Waals surface area contributed by atoms with Gasteiger partial charge < -0.3 is 5.32 Å². The van der Waals surface area contributed by atoms with Crippen LogP contribution in [0.2, 0.25) is 0 Å². The molecule has 0 bridgehead atoms. The van der Waals surface area contributed by atoms with E-state index in [4.69, 9.17) is 0 Å². The van der Waals surface area contributed by atoms with E-state index in [-0.39, 0.29) is 34.8 Å². The van der Waals surface area contributed by atoms with Crippen molar-refractivity contribution in [3.05, 3.63) is 108 Å². The highest BCUT2D eigenvalue weighted by atomic mass is 19.4. The third-order valence-corrected chi connectivity index (χ3v) is 6.02. The summed E-state index contributed by atoms with van der Waals surface area (Å²) in [5, 5.41) is 2.93. The molecule has 0 aliphatic carbocycles. The minimum Gasteiger partial charge on any atom is -0.348 e. The van der Waals surface area contributed by atoms with Crippen LogP contribution in [0.1, 0.15) is 40.5 Å². The maximum absolute atomic E-state index is 13.2. The zero-order valence-corrected chi connectivity index (χ0v) is 20.1. The van der Waals surface area contributed by atoms with Gasteiger partial charge in [-0.05, 0) is 66.8 Å². The first-order valence-electron chi connectivity index (χ1n) is 11.7. The molecular formula is C28H23F6N3O. The minimum atomic E-state index is -4.94. The van der Waals surface area contributed by atoms with Gasteiger partial charge in [-0.3, -0.25) is 9.36 Å². The number of carbonyl (C=O) groups is 1. The van der Waals surface area contributed by atoms with Crippen molar-refractivity contribution in [3.8, 4) is 16.8 Å². The number of hydrogen-bond donors (Lipinski definition) is 1. The first-order valence-corrected chi connectivity index (χ1v) is 11.7. The molecule has 198 valence electrons. The highest BCUT2D eigenvalue weighted by Gasteiger charge is 2.37.